The quantitative estimate of drug-likeness (QED) is 0.483. The van der Waals surface area contributed by atoms with Gasteiger partial charge in [-0.05, 0) is 36.2 Å². The average molecular weight is 286 g/mol. The number of rotatable bonds is 7. The Morgan fingerprint density at radius 3 is 2.57 bits per heavy atom. The number of ether oxygens (including phenoxy) is 1. The molecule has 0 saturated heterocycles. The molecule has 0 aliphatic heterocycles. The molecule has 1 N–H and O–H groups in total. The first kappa shape index (κ1) is 15.0. The Morgan fingerprint density at radius 1 is 1.14 bits per heavy atom. The molecule has 0 heterocycles. The van der Waals surface area contributed by atoms with Crippen LogP contribution in [0.2, 0.25) is 0 Å². The van der Waals surface area contributed by atoms with Gasteiger partial charge in [0, 0.05) is 18.7 Å². The predicted molar refractivity (Wildman–Crippen MR) is 81.5 cm³/mol. The summed E-state index contributed by atoms with van der Waals surface area (Å²) < 4.78 is 5.18. The maximum absolute atomic E-state index is 10.6. The molecular formula is C16H18N2O3. The lowest BCUT2D eigenvalue weighted by molar-refractivity contribution is -0.384. The highest BCUT2D eigenvalue weighted by Crippen LogP contribution is 2.13. The summed E-state index contributed by atoms with van der Waals surface area (Å²) in [7, 11) is 1.65. The van der Waals surface area contributed by atoms with Crippen molar-refractivity contribution in [2.45, 2.75) is 13.0 Å². The summed E-state index contributed by atoms with van der Waals surface area (Å²) in [6.07, 6.45) is 0.835. The van der Waals surface area contributed by atoms with Crippen molar-refractivity contribution < 1.29 is 9.66 Å². The fraction of sp³-hybridized carbons (Fsp3) is 0.250. The number of nitro groups is 1. The molecular weight excluding hydrogens is 268 g/mol. The highest BCUT2D eigenvalue weighted by Gasteiger charge is 2.03. The molecule has 2 aromatic rings. The summed E-state index contributed by atoms with van der Waals surface area (Å²) in [5, 5.41) is 13.9. The van der Waals surface area contributed by atoms with Crippen LogP contribution < -0.4 is 10.1 Å². The minimum Gasteiger partial charge on any atom is -0.497 e. The van der Waals surface area contributed by atoms with Crippen LogP contribution in [-0.2, 0) is 13.0 Å². The van der Waals surface area contributed by atoms with Crippen molar-refractivity contribution >= 4 is 5.69 Å². The Labute approximate surface area is 123 Å². The van der Waals surface area contributed by atoms with Crippen LogP contribution in [-0.4, -0.2) is 18.6 Å². The molecule has 0 radical (unpaired) electrons. The van der Waals surface area contributed by atoms with Gasteiger partial charge in [-0.25, -0.2) is 0 Å². The van der Waals surface area contributed by atoms with E-state index in [0.29, 0.717) is 0 Å². The summed E-state index contributed by atoms with van der Waals surface area (Å²) in [6, 6.07) is 14.6. The lowest BCUT2D eigenvalue weighted by Gasteiger charge is -2.07. The molecule has 2 aromatic carbocycles. The molecule has 0 atom stereocenters. The second-order valence-electron chi connectivity index (χ2n) is 4.70. The average Bonchev–Trinajstić information content (AvgIpc) is 2.52. The first-order valence-corrected chi connectivity index (χ1v) is 6.76. The van der Waals surface area contributed by atoms with Gasteiger partial charge in [0.15, 0.2) is 0 Å². The van der Waals surface area contributed by atoms with Crippen molar-refractivity contribution in [2.24, 2.45) is 0 Å². The number of nitrogens with one attached hydrogen (secondary N) is 1. The first-order valence-electron chi connectivity index (χ1n) is 6.76. The molecule has 0 amide bonds. The normalized spacial score (nSPS) is 10.3. The lowest BCUT2D eigenvalue weighted by Crippen LogP contribution is -2.16. The van der Waals surface area contributed by atoms with Crippen LogP contribution in [0.5, 0.6) is 5.75 Å². The molecule has 0 aliphatic carbocycles. The minimum absolute atomic E-state index is 0.128. The van der Waals surface area contributed by atoms with E-state index in [4.69, 9.17) is 4.74 Å². The molecule has 0 aromatic heterocycles. The second kappa shape index (κ2) is 7.40. The molecule has 0 saturated carbocycles. The van der Waals surface area contributed by atoms with E-state index in [1.165, 1.54) is 12.1 Å². The maximum atomic E-state index is 10.6. The van der Waals surface area contributed by atoms with E-state index in [1.807, 2.05) is 24.3 Å². The smallest absolute Gasteiger partial charge is 0.269 e. The van der Waals surface area contributed by atoms with Gasteiger partial charge in [0.05, 0.1) is 12.0 Å². The Bertz CT molecular complexity index is 597. The van der Waals surface area contributed by atoms with E-state index in [1.54, 1.807) is 19.2 Å². The molecule has 2 rings (SSSR count). The van der Waals surface area contributed by atoms with Gasteiger partial charge in [-0.1, -0.05) is 24.3 Å². The molecule has 0 fully saturated rings. The topological polar surface area (TPSA) is 64.4 Å². The van der Waals surface area contributed by atoms with Crippen LogP contribution in [0.3, 0.4) is 0 Å². The first-order chi connectivity index (χ1) is 10.2. The molecule has 5 heteroatoms. The predicted octanol–water partition coefficient (Wildman–Crippen LogP) is 2.94. The molecule has 5 nitrogen and oxygen atoms in total. The zero-order chi connectivity index (χ0) is 15.1. The highest BCUT2D eigenvalue weighted by molar-refractivity contribution is 5.33. The number of nitro benzene ring substituents is 1. The molecule has 0 unspecified atom stereocenters. The maximum Gasteiger partial charge on any atom is 0.269 e. The fourth-order valence-corrected chi connectivity index (χ4v) is 2.03. The molecule has 21 heavy (non-hydrogen) atoms. The van der Waals surface area contributed by atoms with Crippen LogP contribution >= 0.6 is 0 Å². The van der Waals surface area contributed by atoms with Gasteiger partial charge in [0.25, 0.3) is 5.69 Å². The lowest BCUT2D eigenvalue weighted by atomic mass is 10.1. The van der Waals surface area contributed by atoms with Gasteiger partial charge >= 0.3 is 0 Å². The zero-order valence-corrected chi connectivity index (χ0v) is 11.9. The van der Waals surface area contributed by atoms with Crippen molar-refractivity contribution in [3.8, 4) is 5.75 Å². The van der Waals surface area contributed by atoms with Crippen molar-refractivity contribution in [3.63, 3.8) is 0 Å². The van der Waals surface area contributed by atoms with Crippen LogP contribution in [0.1, 0.15) is 11.1 Å². The highest BCUT2D eigenvalue weighted by atomic mass is 16.6. The third-order valence-electron chi connectivity index (χ3n) is 3.20. The largest absolute Gasteiger partial charge is 0.497 e. The van der Waals surface area contributed by atoms with Gasteiger partial charge in [-0.3, -0.25) is 10.1 Å². The monoisotopic (exact) mass is 286 g/mol. The standard InChI is InChI=1S/C16H18N2O3/c1-21-16-4-2-3-14(11-16)12-17-10-9-13-5-7-15(8-6-13)18(19)20/h2-8,11,17H,9-10,12H2,1H3. The van der Waals surface area contributed by atoms with Crippen molar-refractivity contribution in [3.05, 3.63) is 69.8 Å². The van der Waals surface area contributed by atoms with E-state index < -0.39 is 0 Å². The molecule has 0 spiro atoms. The fourth-order valence-electron chi connectivity index (χ4n) is 2.03. The number of non-ortho nitro benzene ring substituents is 1. The van der Waals surface area contributed by atoms with Crippen molar-refractivity contribution in [1.82, 2.24) is 5.32 Å². The Kier molecular flexibility index (Phi) is 5.29. The molecule has 0 aliphatic rings. The molecule has 0 bridgehead atoms. The van der Waals surface area contributed by atoms with E-state index in [-0.39, 0.29) is 10.6 Å². The summed E-state index contributed by atoms with van der Waals surface area (Å²) in [5.74, 6) is 0.852. The van der Waals surface area contributed by atoms with Gasteiger partial charge in [-0.2, -0.15) is 0 Å². The number of hydrogen-bond donors (Lipinski definition) is 1. The van der Waals surface area contributed by atoms with Gasteiger partial charge in [-0.15, -0.1) is 0 Å². The van der Waals surface area contributed by atoms with E-state index in [9.17, 15) is 10.1 Å². The van der Waals surface area contributed by atoms with Crippen LogP contribution in [0.4, 0.5) is 5.69 Å². The third-order valence-corrected chi connectivity index (χ3v) is 3.20. The van der Waals surface area contributed by atoms with Crippen molar-refractivity contribution in [2.75, 3.05) is 13.7 Å². The Morgan fingerprint density at radius 2 is 1.90 bits per heavy atom. The summed E-state index contributed by atoms with van der Waals surface area (Å²) in [4.78, 5) is 10.2. The zero-order valence-electron chi connectivity index (χ0n) is 11.9. The Balaban J connectivity index is 1.77. The van der Waals surface area contributed by atoms with Gasteiger partial charge in [0.2, 0.25) is 0 Å². The summed E-state index contributed by atoms with van der Waals surface area (Å²) in [6.45, 7) is 1.58. The second-order valence-corrected chi connectivity index (χ2v) is 4.70. The number of hydrogen-bond acceptors (Lipinski definition) is 4. The minimum atomic E-state index is -0.384. The van der Waals surface area contributed by atoms with Crippen LogP contribution in [0, 0.1) is 10.1 Å². The molecule has 110 valence electrons. The van der Waals surface area contributed by atoms with E-state index >= 15 is 0 Å². The third kappa shape index (κ3) is 4.57. The van der Waals surface area contributed by atoms with E-state index in [0.717, 1.165) is 36.4 Å². The SMILES string of the molecule is COc1cccc(CNCCc2ccc([N+](=O)[O-])cc2)c1. The van der Waals surface area contributed by atoms with Gasteiger partial charge in [0.1, 0.15) is 5.75 Å². The number of nitrogens with zero attached hydrogens (tertiary/aromatic N) is 1. The summed E-state index contributed by atoms with van der Waals surface area (Å²) in [5.41, 5.74) is 2.37. The van der Waals surface area contributed by atoms with Crippen LogP contribution in [0.25, 0.3) is 0 Å². The van der Waals surface area contributed by atoms with Gasteiger partial charge < -0.3 is 10.1 Å². The number of benzene rings is 2. The van der Waals surface area contributed by atoms with Crippen molar-refractivity contribution in [1.29, 1.82) is 0 Å². The number of methoxy groups -OCH3 is 1. The summed E-state index contributed by atoms with van der Waals surface area (Å²) >= 11 is 0. The van der Waals surface area contributed by atoms with E-state index in [2.05, 4.69) is 5.32 Å². The Hall–Kier alpha value is -2.40. The van der Waals surface area contributed by atoms with Crippen LogP contribution in [0.15, 0.2) is 48.5 Å².